The molecule has 0 bridgehead atoms. The van der Waals surface area contributed by atoms with Gasteiger partial charge in [0.2, 0.25) is 0 Å². The Morgan fingerprint density at radius 3 is 1.84 bits per heavy atom. The number of primary amides is 1. The highest BCUT2D eigenvalue weighted by Crippen LogP contribution is 2.25. The molecule has 1 aliphatic carbocycles. The smallest absolute Gasteiger partial charge is 0.316 e. The molecule has 2 aromatic rings. The van der Waals surface area contributed by atoms with Gasteiger partial charge in [-0.15, -0.1) is 0 Å². The molecule has 0 atom stereocenters. The van der Waals surface area contributed by atoms with E-state index in [4.69, 9.17) is 10.7 Å². The zero-order chi connectivity index (χ0) is 27.1. The number of hydrogen-bond acceptors (Lipinski definition) is 5. The van der Waals surface area contributed by atoms with Crippen molar-refractivity contribution in [3.63, 3.8) is 0 Å². The van der Waals surface area contributed by atoms with Crippen LogP contribution in [-0.2, 0) is 11.2 Å². The Balaban J connectivity index is 1.89. The minimum absolute atomic E-state index is 0.171. The van der Waals surface area contributed by atoms with Gasteiger partial charge in [0.15, 0.2) is 5.78 Å². The lowest BCUT2D eigenvalue weighted by atomic mass is 9.94. The predicted molar refractivity (Wildman–Crippen MR) is 154 cm³/mol. The SMILES string of the molecule is CCN(c1ccc(CC2=CC(=Nc3ccc(N(CC)C(C)C)cc3)C(NC(N)=O)=CC2=O)cc1)C(C)C. The van der Waals surface area contributed by atoms with Crippen LogP contribution in [0.25, 0.3) is 0 Å². The fourth-order valence-electron chi connectivity index (χ4n) is 4.65. The molecular weight excluding hydrogens is 462 g/mol. The van der Waals surface area contributed by atoms with Crippen molar-refractivity contribution >= 4 is 34.6 Å². The molecule has 0 spiro atoms. The first-order valence-electron chi connectivity index (χ1n) is 13.0. The van der Waals surface area contributed by atoms with Gasteiger partial charge in [0.25, 0.3) is 0 Å². The number of amides is 2. The maximum absolute atomic E-state index is 12.9. The Morgan fingerprint density at radius 1 is 0.865 bits per heavy atom. The third-order valence-corrected chi connectivity index (χ3v) is 6.46. The van der Waals surface area contributed by atoms with Gasteiger partial charge in [-0.3, -0.25) is 4.79 Å². The number of carbonyl (C=O) groups is 2. The van der Waals surface area contributed by atoms with Crippen LogP contribution in [0, 0.1) is 0 Å². The zero-order valence-corrected chi connectivity index (χ0v) is 22.8. The molecule has 196 valence electrons. The van der Waals surface area contributed by atoms with Crippen LogP contribution in [-0.4, -0.2) is 42.7 Å². The van der Waals surface area contributed by atoms with Crippen LogP contribution in [0.5, 0.6) is 0 Å². The summed E-state index contributed by atoms with van der Waals surface area (Å²) in [7, 11) is 0. The van der Waals surface area contributed by atoms with E-state index in [1.165, 1.54) is 6.08 Å². The Hall–Kier alpha value is -3.87. The summed E-state index contributed by atoms with van der Waals surface area (Å²) in [5.74, 6) is -0.171. The molecule has 0 aromatic heterocycles. The number of ketones is 1. The number of nitrogens with zero attached hydrogens (tertiary/aromatic N) is 3. The number of benzene rings is 2. The molecule has 37 heavy (non-hydrogen) atoms. The normalized spacial score (nSPS) is 14.6. The fraction of sp³-hybridized carbons (Fsp3) is 0.367. The lowest BCUT2D eigenvalue weighted by molar-refractivity contribution is -0.111. The summed E-state index contributed by atoms with van der Waals surface area (Å²) in [5, 5.41) is 2.55. The van der Waals surface area contributed by atoms with Crippen LogP contribution in [0.1, 0.15) is 47.1 Å². The van der Waals surface area contributed by atoms with Crippen LogP contribution in [0.3, 0.4) is 0 Å². The predicted octanol–water partition coefficient (Wildman–Crippen LogP) is 5.53. The molecule has 0 aliphatic heterocycles. The maximum Gasteiger partial charge on any atom is 0.316 e. The summed E-state index contributed by atoms with van der Waals surface area (Å²) in [6.07, 6.45) is 3.61. The molecule has 3 N–H and O–H groups in total. The molecule has 2 amide bonds. The minimum atomic E-state index is -0.740. The van der Waals surface area contributed by atoms with Crippen molar-refractivity contribution in [3.8, 4) is 0 Å². The minimum Gasteiger partial charge on any atom is -0.369 e. The summed E-state index contributed by atoms with van der Waals surface area (Å²) in [4.78, 5) is 33.9. The summed E-state index contributed by atoms with van der Waals surface area (Å²) in [5.41, 5.74) is 10.8. The van der Waals surface area contributed by atoms with Gasteiger partial charge in [0.05, 0.1) is 17.1 Å². The van der Waals surface area contributed by atoms with E-state index in [1.54, 1.807) is 6.08 Å². The van der Waals surface area contributed by atoms with E-state index in [2.05, 4.69) is 80.9 Å². The standard InChI is InChI=1S/C30H39N5O2/c1-7-34(20(3)4)25-13-9-22(10-14-25)17-23-18-27(28(19-29(23)36)33-30(31)37)32-24-11-15-26(16-12-24)35(8-2)21(5)6/h9-16,18-21H,7-8,17H2,1-6H3,(H3,31,33,37). The molecule has 1 aliphatic rings. The maximum atomic E-state index is 12.9. The molecule has 0 saturated carbocycles. The van der Waals surface area contributed by atoms with E-state index < -0.39 is 6.03 Å². The summed E-state index contributed by atoms with van der Waals surface area (Å²) in [6, 6.07) is 16.3. The number of aliphatic imine (C=N–C) groups is 1. The van der Waals surface area contributed by atoms with Gasteiger partial charge in [-0.25, -0.2) is 9.79 Å². The average Bonchev–Trinajstić information content (AvgIpc) is 2.84. The molecule has 0 radical (unpaired) electrons. The van der Waals surface area contributed by atoms with Gasteiger partial charge in [0, 0.05) is 54.6 Å². The summed E-state index contributed by atoms with van der Waals surface area (Å²) < 4.78 is 0. The van der Waals surface area contributed by atoms with Crippen molar-refractivity contribution in [2.24, 2.45) is 10.7 Å². The van der Waals surface area contributed by atoms with Gasteiger partial charge in [-0.2, -0.15) is 0 Å². The Labute approximate surface area is 220 Å². The van der Waals surface area contributed by atoms with Crippen molar-refractivity contribution in [1.29, 1.82) is 0 Å². The van der Waals surface area contributed by atoms with Crippen LogP contribution in [0.4, 0.5) is 21.9 Å². The van der Waals surface area contributed by atoms with E-state index in [-0.39, 0.29) is 5.78 Å². The molecular formula is C30H39N5O2. The number of urea groups is 1. The first-order chi connectivity index (χ1) is 17.6. The number of allylic oxidation sites excluding steroid dienone is 3. The van der Waals surface area contributed by atoms with Gasteiger partial charge >= 0.3 is 6.03 Å². The molecule has 0 saturated heterocycles. The number of hydrogen-bond donors (Lipinski definition) is 2. The quantitative estimate of drug-likeness (QED) is 0.419. The average molecular weight is 502 g/mol. The lowest BCUT2D eigenvalue weighted by Crippen LogP contribution is -2.34. The third kappa shape index (κ3) is 7.09. The third-order valence-electron chi connectivity index (χ3n) is 6.46. The van der Waals surface area contributed by atoms with Gasteiger partial charge in [-0.05, 0) is 89.6 Å². The van der Waals surface area contributed by atoms with E-state index in [0.717, 1.165) is 35.7 Å². The van der Waals surface area contributed by atoms with E-state index in [0.29, 0.717) is 35.5 Å². The number of nitrogens with one attached hydrogen (secondary N) is 1. The number of rotatable bonds is 10. The molecule has 2 aromatic carbocycles. The van der Waals surface area contributed by atoms with Gasteiger partial charge in [-0.1, -0.05) is 12.1 Å². The highest BCUT2D eigenvalue weighted by molar-refractivity contribution is 6.23. The molecule has 7 nitrogen and oxygen atoms in total. The largest absolute Gasteiger partial charge is 0.369 e. The van der Waals surface area contributed by atoms with Crippen molar-refractivity contribution in [2.75, 3.05) is 22.9 Å². The van der Waals surface area contributed by atoms with Crippen molar-refractivity contribution in [2.45, 2.75) is 60.0 Å². The van der Waals surface area contributed by atoms with Gasteiger partial charge < -0.3 is 20.9 Å². The lowest BCUT2D eigenvalue weighted by Gasteiger charge is -2.27. The Morgan fingerprint density at radius 2 is 1.38 bits per heavy atom. The number of nitrogens with two attached hydrogens (primary N) is 1. The molecule has 3 rings (SSSR count). The van der Waals surface area contributed by atoms with Crippen LogP contribution < -0.4 is 20.9 Å². The van der Waals surface area contributed by atoms with E-state index >= 15 is 0 Å². The first-order valence-corrected chi connectivity index (χ1v) is 13.0. The highest BCUT2D eigenvalue weighted by atomic mass is 16.2. The molecule has 7 heteroatoms. The van der Waals surface area contributed by atoms with Crippen molar-refractivity contribution in [1.82, 2.24) is 5.32 Å². The number of anilines is 2. The molecule has 0 fully saturated rings. The van der Waals surface area contributed by atoms with Crippen molar-refractivity contribution < 1.29 is 9.59 Å². The monoisotopic (exact) mass is 501 g/mol. The van der Waals surface area contributed by atoms with Crippen LogP contribution in [0.15, 0.2) is 76.9 Å². The summed E-state index contributed by atoms with van der Waals surface area (Å²) >= 11 is 0. The molecule has 0 unspecified atom stereocenters. The van der Waals surface area contributed by atoms with E-state index in [9.17, 15) is 9.59 Å². The van der Waals surface area contributed by atoms with Crippen molar-refractivity contribution in [3.05, 3.63) is 77.5 Å². The fourth-order valence-corrected chi connectivity index (χ4v) is 4.65. The van der Waals surface area contributed by atoms with Crippen LogP contribution in [0.2, 0.25) is 0 Å². The molecule has 0 heterocycles. The second kappa shape index (κ2) is 12.4. The van der Waals surface area contributed by atoms with Gasteiger partial charge in [0.1, 0.15) is 0 Å². The second-order valence-corrected chi connectivity index (χ2v) is 9.70. The Bertz CT molecular complexity index is 1190. The first kappa shape index (κ1) is 27.7. The summed E-state index contributed by atoms with van der Waals surface area (Å²) in [6.45, 7) is 14.8. The van der Waals surface area contributed by atoms with Crippen LogP contribution >= 0.6 is 0 Å². The Kier molecular flexibility index (Phi) is 9.28. The second-order valence-electron chi connectivity index (χ2n) is 9.70. The van der Waals surface area contributed by atoms with E-state index in [1.807, 2.05) is 24.3 Å². The number of carbonyl (C=O) groups excluding carboxylic acids is 2. The zero-order valence-electron chi connectivity index (χ0n) is 22.8. The highest BCUT2D eigenvalue weighted by Gasteiger charge is 2.21. The topological polar surface area (TPSA) is 91.0 Å².